The maximum atomic E-state index is 13.5. The number of esters is 1. The van der Waals surface area contributed by atoms with Gasteiger partial charge < -0.3 is 19.5 Å². The largest absolute Gasteiger partial charge is 0.490 e. The fourth-order valence-corrected chi connectivity index (χ4v) is 3.78. The minimum Gasteiger partial charge on any atom is -0.490 e. The quantitative estimate of drug-likeness (QED) is 0.306. The lowest BCUT2D eigenvalue weighted by Crippen LogP contribution is -2.33. The van der Waals surface area contributed by atoms with Gasteiger partial charge in [0, 0.05) is 22.7 Å². The summed E-state index contributed by atoms with van der Waals surface area (Å²) in [5, 5.41) is 2.90. The summed E-state index contributed by atoms with van der Waals surface area (Å²) in [4.78, 5) is 39.7. The Bertz CT molecular complexity index is 1240. The molecule has 186 valence electrons. The van der Waals surface area contributed by atoms with Crippen LogP contribution in [0.1, 0.15) is 64.6 Å². The fourth-order valence-electron chi connectivity index (χ4n) is 3.78. The molecule has 0 bridgehead atoms. The summed E-state index contributed by atoms with van der Waals surface area (Å²) in [6.45, 7) is 4.58. The van der Waals surface area contributed by atoms with Gasteiger partial charge in [0.1, 0.15) is 0 Å². The van der Waals surface area contributed by atoms with Crippen LogP contribution >= 0.6 is 0 Å². The highest BCUT2D eigenvalue weighted by Crippen LogP contribution is 2.30. The summed E-state index contributed by atoms with van der Waals surface area (Å²) in [5.41, 5.74) is 1.15. The van der Waals surface area contributed by atoms with Crippen molar-refractivity contribution >= 4 is 17.7 Å². The predicted molar refractivity (Wildman–Crippen MR) is 134 cm³/mol. The smallest absolute Gasteiger partial charge is 0.340 e. The van der Waals surface area contributed by atoms with Crippen molar-refractivity contribution < 1.29 is 28.6 Å². The van der Waals surface area contributed by atoms with Gasteiger partial charge in [0.25, 0.3) is 5.91 Å². The Morgan fingerprint density at radius 1 is 0.833 bits per heavy atom. The van der Waals surface area contributed by atoms with Crippen LogP contribution in [0.2, 0.25) is 0 Å². The molecule has 0 aromatic heterocycles. The van der Waals surface area contributed by atoms with E-state index in [9.17, 15) is 14.4 Å². The summed E-state index contributed by atoms with van der Waals surface area (Å²) in [6.07, 6.45) is 0.687. The van der Waals surface area contributed by atoms with Crippen LogP contribution in [0, 0.1) is 0 Å². The molecule has 0 radical (unpaired) electrons. The van der Waals surface area contributed by atoms with Gasteiger partial charge >= 0.3 is 5.97 Å². The molecule has 3 aromatic rings. The Labute approximate surface area is 210 Å². The first-order valence-corrected chi connectivity index (χ1v) is 12.1. The van der Waals surface area contributed by atoms with Crippen LogP contribution < -0.4 is 14.8 Å². The standard InChI is InChI=1S/C29H29NO6/c1-3-34-24-17-14-20(18-25(24)35-4-2)26(31)22-12-8-9-13-23(22)29(33)36-27(19-10-6-5-7-11-19)28(32)30-21-15-16-21/h5-14,17-18,21,27H,3-4,15-16H2,1-2H3,(H,30,32). The molecule has 1 aliphatic rings. The molecule has 1 atom stereocenters. The van der Waals surface area contributed by atoms with Crippen molar-refractivity contribution in [2.45, 2.75) is 38.8 Å². The number of carbonyl (C=O) groups excluding carboxylic acids is 3. The zero-order valence-electron chi connectivity index (χ0n) is 20.4. The molecule has 7 heteroatoms. The first kappa shape index (κ1) is 25.0. The highest BCUT2D eigenvalue weighted by Gasteiger charge is 2.32. The number of hydrogen-bond acceptors (Lipinski definition) is 6. The Morgan fingerprint density at radius 3 is 2.14 bits per heavy atom. The molecule has 1 aliphatic carbocycles. The number of hydrogen-bond donors (Lipinski definition) is 1. The number of nitrogens with one attached hydrogen (secondary N) is 1. The second-order valence-electron chi connectivity index (χ2n) is 8.38. The van der Waals surface area contributed by atoms with Crippen molar-refractivity contribution in [1.29, 1.82) is 0 Å². The molecule has 1 fully saturated rings. The molecule has 7 nitrogen and oxygen atoms in total. The second-order valence-corrected chi connectivity index (χ2v) is 8.38. The average molecular weight is 488 g/mol. The summed E-state index contributed by atoms with van der Waals surface area (Å²) >= 11 is 0. The Kier molecular flexibility index (Phi) is 8.00. The first-order chi connectivity index (χ1) is 17.5. The first-order valence-electron chi connectivity index (χ1n) is 12.1. The number of carbonyl (C=O) groups is 3. The van der Waals surface area contributed by atoms with Gasteiger partial charge in [-0.3, -0.25) is 9.59 Å². The lowest BCUT2D eigenvalue weighted by molar-refractivity contribution is -0.130. The van der Waals surface area contributed by atoms with E-state index in [1.165, 1.54) is 6.07 Å². The number of ketones is 1. The number of benzene rings is 3. The number of rotatable bonds is 11. The van der Waals surface area contributed by atoms with Gasteiger partial charge in [-0.1, -0.05) is 48.5 Å². The zero-order chi connectivity index (χ0) is 25.5. The highest BCUT2D eigenvalue weighted by atomic mass is 16.5. The highest BCUT2D eigenvalue weighted by molar-refractivity contribution is 6.14. The third kappa shape index (κ3) is 5.92. The lowest BCUT2D eigenvalue weighted by Gasteiger charge is -2.19. The van der Waals surface area contributed by atoms with Crippen LogP contribution in [0.15, 0.2) is 72.8 Å². The van der Waals surface area contributed by atoms with Crippen LogP contribution in [0.4, 0.5) is 0 Å². The van der Waals surface area contributed by atoms with Gasteiger partial charge in [-0.15, -0.1) is 0 Å². The third-order valence-electron chi connectivity index (χ3n) is 5.69. The molecule has 3 aromatic carbocycles. The summed E-state index contributed by atoms with van der Waals surface area (Å²) in [5.74, 6) is -0.518. The van der Waals surface area contributed by atoms with Crippen molar-refractivity contribution in [3.05, 3.63) is 95.1 Å². The Hall–Kier alpha value is -4.13. The minimum atomic E-state index is -1.13. The molecule has 0 heterocycles. The van der Waals surface area contributed by atoms with Crippen LogP contribution in [-0.2, 0) is 9.53 Å². The van der Waals surface area contributed by atoms with E-state index < -0.39 is 12.1 Å². The van der Waals surface area contributed by atoms with E-state index in [2.05, 4.69) is 5.32 Å². The maximum absolute atomic E-state index is 13.5. The molecule has 0 aliphatic heterocycles. The normalized spacial score (nSPS) is 13.4. The van der Waals surface area contributed by atoms with Gasteiger partial charge in [0.15, 0.2) is 17.3 Å². The van der Waals surface area contributed by atoms with Gasteiger partial charge in [-0.25, -0.2) is 4.79 Å². The molecule has 0 saturated heterocycles. The van der Waals surface area contributed by atoms with E-state index in [0.29, 0.717) is 35.8 Å². The average Bonchev–Trinajstić information content (AvgIpc) is 3.72. The van der Waals surface area contributed by atoms with Crippen molar-refractivity contribution in [2.75, 3.05) is 13.2 Å². The van der Waals surface area contributed by atoms with Gasteiger partial charge in [-0.05, 0) is 51.0 Å². The maximum Gasteiger partial charge on any atom is 0.340 e. The molecule has 1 saturated carbocycles. The van der Waals surface area contributed by atoms with E-state index >= 15 is 0 Å². The summed E-state index contributed by atoms with van der Waals surface area (Å²) in [7, 11) is 0. The van der Waals surface area contributed by atoms with Crippen LogP contribution in [0.5, 0.6) is 11.5 Å². The van der Waals surface area contributed by atoms with Gasteiger partial charge in [0.05, 0.1) is 18.8 Å². The zero-order valence-corrected chi connectivity index (χ0v) is 20.4. The predicted octanol–water partition coefficient (Wildman–Crippen LogP) is 4.89. The summed E-state index contributed by atoms with van der Waals surface area (Å²) in [6, 6.07) is 20.3. The molecule has 1 amide bonds. The molecular weight excluding hydrogens is 458 g/mol. The van der Waals surface area contributed by atoms with Crippen molar-refractivity contribution in [2.24, 2.45) is 0 Å². The number of amides is 1. The monoisotopic (exact) mass is 487 g/mol. The van der Waals surface area contributed by atoms with E-state index in [4.69, 9.17) is 14.2 Å². The van der Waals surface area contributed by atoms with Gasteiger partial charge in [-0.2, -0.15) is 0 Å². The van der Waals surface area contributed by atoms with E-state index in [-0.39, 0.29) is 28.9 Å². The Morgan fingerprint density at radius 2 is 1.47 bits per heavy atom. The topological polar surface area (TPSA) is 90.9 Å². The van der Waals surface area contributed by atoms with E-state index in [0.717, 1.165) is 12.8 Å². The molecule has 36 heavy (non-hydrogen) atoms. The van der Waals surface area contributed by atoms with Crippen LogP contribution in [-0.4, -0.2) is 36.9 Å². The SMILES string of the molecule is CCOc1ccc(C(=O)c2ccccc2C(=O)OC(C(=O)NC2CC2)c2ccccc2)cc1OCC. The van der Waals surface area contributed by atoms with E-state index in [1.807, 2.05) is 19.9 Å². The third-order valence-corrected chi connectivity index (χ3v) is 5.69. The summed E-state index contributed by atoms with van der Waals surface area (Å²) < 4.78 is 16.9. The molecule has 1 unspecified atom stereocenters. The molecule has 4 rings (SSSR count). The van der Waals surface area contributed by atoms with E-state index in [1.54, 1.807) is 60.7 Å². The lowest BCUT2D eigenvalue weighted by atomic mass is 9.98. The van der Waals surface area contributed by atoms with Crippen LogP contribution in [0.25, 0.3) is 0 Å². The molecule has 1 N–H and O–H groups in total. The minimum absolute atomic E-state index is 0.0782. The van der Waals surface area contributed by atoms with Crippen LogP contribution in [0.3, 0.4) is 0 Å². The van der Waals surface area contributed by atoms with Crippen molar-refractivity contribution in [1.82, 2.24) is 5.32 Å². The van der Waals surface area contributed by atoms with Gasteiger partial charge in [0.2, 0.25) is 6.10 Å². The second kappa shape index (κ2) is 11.5. The van der Waals surface area contributed by atoms with Crippen molar-refractivity contribution in [3.8, 4) is 11.5 Å². The molecule has 0 spiro atoms. The van der Waals surface area contributed by atoms with Crippen molar-refractivity contribution in [3.63, 3.8) is 0 Å². The number of ether oxygens (including phenoxy) is 3. The molecular formula is C29H29NO6. The fraction of sp³-hybridized carbons (Fsp3) is 0.276. The Balaban J connectivity index is 1.62.